The Balaban J connectivity index is 1.82. The maximum absolute atomic E-state index is 4.49. The Hall–Kier alpha value is -2.01. The van der Waals surface area contributed by atoms with Gasteiger partial charge in [0, 0.05) is 17.6 Å². The van der Waals surface area contributed by atoms with Crippen LogP contribution < -0.4 is 5.32 Å². The van der Waals surface area contributed by atoms with Crippen LogP contribution in [0, 0.1) is 6.92 Å². The fourth-order valence-corrected chi connectivity index (χ4v) is 2.26. The zero-order chi connectivity index (χ0) is 12.4. The molecule has 0 bridgehead atoms. The van der Waals surface area contributed by atoms with E-state index < -0.39 is 0 Å². The topological polar surface area (TPSA) is 50.7 Å². The molecule has 3 aromatic rings. The van der Waals surface area contributed by atoms with Crippen molar-refractivity contribution >= 4 is 27.4 Å². The number of nitrogens with one attached hydrogen (secondary N) is 1. The summed E-state index contributed by atoms with van der Waals surface area (Å²) in [5.41, 5.74) is 5.01. The van der Waals surface area contributed by atoms with Gasteiger partial charge in [0.25, 0.3) is 0 Å². The van der Waals surface area contributed by atoms with Gasteiger partial charge in [0.2, 0.25) is 5.13 Å². The van der Waals surface area contributed by atoms with Gasteiger partial charge in [-0.05, 0) is 30.7 Å². The summed E-state index contributed by atoms with van der Waals surface area (Å²) in [6, 6.07) is 10.4. The summed E-state index contributed by atoms with van der Waals surface area (Å²) < 4.78 is 0. The van der Waals surface area contributed by atoms with Gasteiger partial charge >= 0.3 is 0 Å². The van der Waals surface area contributed by atoms with E-state index >= 15 is 0 Å². The zero-order valence-electron chi connectivity index (χ0n) is 9.92. The molecular weight excluding hydrogens is 244 g/mol. The minimum absolute atomic E-state index is 0.749. The number of aryl methyl sites for hydroxylation is 1. The molecule has 0 aliphatic rings. The Bertz CT molecular complexity index is 664. The lowest BCUT2D eigenvalue weighted by Gasteiger charge is -2.04. The largest absolute Gasteiger partial charge is 0.356 e. The van der Waals surface area contributed by atoms with Gasteiger partial charge in [-0.1, -0.05) is 23.5 Å². The first-order valence-electron chi connectivity index (χ1n) is 5.67. The Kier molecular flexibility index (Phi) is 2.90. The molecule has 0 saturated heterocycles. The number of aromatic nitrogens is 3. The van der Waals surface area contributed by atoms with Crippen LogP contribution in [-0.2, 0) is 6.54 Å². The molecule has 0 amide bonds. The molecule has 0 fully saturated rings. The summed E-state index contributed by atoms with van der Waals surface area (Å²) in [7, 11) is 0. The van der Waals surface area contributed by atoms with Crippen LogP contribution in [0.1, 0.15) is 11.3 Å². The second kappa shape index (κ2) is 4.70. The predicted octanol–water partition coefficient (Wildman–Crippen LogP) is 3.01. The first-order valence-corrected chi connectivity index (χ1v) is 6.55. The van der Waals surface area contributed by atoms with Gasteiger partial charge in [0.05, 0.1) is 5.52 Å². The number of hydrogen-bond donors (Lipinski definition) is 1. The highest BCUT2D eigenvalue weighted by Crippen LogP contribution is 2.16. The van der Waals surface area contributed by atoms with Gasteiger partial charge in [0.15, 0.2) is 0 Å². The van der Waals surface area contributed by atoms with Crippen molar-refractivity contribution in [2.45, 2.75) is 13.5 Å². The van der Waals surface area contributed by atoms with Crippen LogP contribution in [-0.4, -0.2) is 15.2 Å². The van der Waals surface area contributed by atoms with Gasteiger partial charge in [-0.25, -0.2) is 0 Å². The molecule has 1 N–H and O–H groups in total. The lowest BCUT2D eigenvalue weighted by molar-refractivity contribution is 1.05. The van der Waals surface area contributed by atoms with E-state index in [0.717, 1.165) is 28.3 Å². The van der Waals surface area contributed by atoms with Gasteiger partial charge < -0.3 is 5.32 Å². The van der Waals surface area contributed by atoms with Crippen LogP contribution in [0.3, 0.4) is 0 Å². The van der Waals surface area contributed by atoms with Gasteiger partial charge in [-0.3, -0.25) is 4.98 Å². The highest BCUT2D eigenvalue weighted by atomic mass is 32.1. The molecule has 3 rings (SSSR count). The summed E-state index contributed by atoms with van der Waals surface area (Å²) >= 11 is 1.50. The molecule has 0 aliphatic heterocycles. The lowest BCUT2D eigenvalue weighted by atomic mass is 10.1. The molecule has 18 heavy (non-hydrogen) atoms. The summed E-state index contributed by atoms with van der Waals surface area (Å²) in [6.07, 6.45) is 0. The molecule has 0 unspecified atom stereocenters. The van der Waals surface area contributed by atoms with Crippen molar-refractivity contribution in [3.8, 4) is 0 Å². The summed E-state index contributed by atoms with van der Waals surface area (Å²) in [6.45, 7) is 2.75. The SMILES string of the molecule is Cc1ccc2cc(CNc3nncs3)ccc2n1. The van der Waals surface area contributed by atoms with E-state index in [4.69, 9.17) is 0 Å². The van der Waals surface area contributed by atoms with Crippen molar-refractivity contribution in [3.05, 3.63) is 47.1 Å². The van der Waals surface area contributed by atoms with Crippen LogP contribution >= 0.6 is 11.3 Å². The summed E-state index contributed by atoms with van der Waals surface area (Å²) in [4.78, 5) is 4.49. The molecule has 0 saturated carbocycles. The molecule has 1 aromatic carbocycles. The second-order valence-electron chi connectivity index (χ2n) is 4.08. The highest BCUT2D eigenvalue weighted by molar-refractivity contribution is 7.13. The van der Waals surface area contributed by atoms with E-state index in [2.05, 4.69) is 44.8 Å². The molecule has 0 atom stereocenters. The van der Waals surface area contributed by atoms with Crippen molar-refractivity contribution in [3.63, 3.8) is 0 Å². The zero-order valence-corrected chi connectivity index (χ0v) is 10.7. The third-order valence-corrected chi connectivity index (χ3v) is 3.35. The predicted molar refractivity (Wildman–Crippen MR) is 73.7 cm³/mol. The van der Waals surface area contributed by atoms with Crippen molar-refractivity contribution in [2.24, 2.45) is 0 Å². The van der Waals surface area contributed by atoms with Crippen LogP contribution in [0.15, 0.2) is 35.8 Å². The van der Waals surface area contributed by atoms with Gasteiger partial charge in [-0.15, -0.1) is 10.2 Å². The van der Waals surface area contributed by atoms with Crippen molar-refractivity contribution in [1.29, 1.82) is 0 Å². The molecule has 90 valence electrons. The molecule has 2 aromatic heterocycles. The minimum Gasteiger partial charge on any atom is -0.356 e. The normalized spacial score (nSPS) is 10.7. The van der Waals surface area contributed by atoms with Gasteiger partial charge in [-0.2, -0.15) is 0 Å². The standard InChI is InChI=1S/C13H12N4S/c1-9-2-4-11-6-10(3-5-12(11)16-9)7-14-13-17-15-8-18-13/h2-6,8H,7H2,1H3,(H,14,17). The average Bonchev–Trinajstić information content (AvgIpc) is 2.89. The first-order chi connectivity index (χ1) is 8.81. The van der Waals surface area contributed by atoms with Crippen molar-refractivity contribution in [1.82, 2.24) is 15.2 Å². The van der Waals surface area contributed by atoms with Crippen LogP contribution in [0.4, 0.5) is 5.13 Å². The number of hydrogen-bond acceptors (Lipinski definition) is 5. The molecule has 0 aliphatic carbocycles. The third kappa shape index (κ3) is 2.31. The quantitative estimate of drug-likeness (QED) is 0.782. The van der Waals surface area contributed by atoms with Crippen LogP contribution in [0.25, 0.3) is 10.9 Å². The monoisotopic (exact) mass is 256 g/mol. The second-order valence-corrected chi connectivity index (χ2v) is 4.91. The van der Waals surface area contributed by atoms with E-state index in [-0.39, 0.29) is 0 Å². The van der Waals surface area contributed by atoms with E-state index in [9.17, 15) is 0 Å². The minimum atomic E-state index is 0.749. The molecule has 2 heterocycles. The Morgan fingerprint density at radius 1 is 1.22 bits per heavy atom. The van der Waals surface area contributed by atoms with E-state index in [1.54, 1.807) is 5.51 Å². The number of anilines is 1. The van der Waals surface area contributed by atoms with Crippen molar-refractivity contribution < 1.29 is 0 Å². The number of pyridine rings is 1. The Morgan fingerprint density at radius 2 is 2.17 bits per heavy atom. The fourth-order valence-electron chi connectivity index (χ4n) is 1.81. The van der Waals surface area contributed by atoms with Gasteiger partial charge in [0.1, 0.15) is 5.51 Å². The fraction of sp³-hybridized carbons (Fsp3) is 0.154. The molecule has 5 heteroatoms. The number of fused-ring (bicyclic) bond motifs is 1. The summed E-state index contributed by atoms with van der Waals surface area (Å²) in [5.74, 6) is 0. The molecule has 4 nitrogen and oxygen atoms in total. The van der Waals surface area contributed by atoms with Crippen LogP contribution in [0.5, 0.6) is 0 Å². The average molecular weight is 256 g/mol. The smallest absolute Gasteiger partial charge is 0.205 e. The van der Waals surface area contributed by atoms with Crippen LogP contribution in [0.2, 0.25) is 0 Å². The van der Waals surface area contributed by atoms with E-state index in [1.165, 1.54) is 16.9 Å². The number of rotatable bonds is 3. The molecule has 0 radical (unpaired) electrons. The number of nitrogens with zero attached hydrogens (tertiary/aromatic N) is 3. The first kappa shape index (κ1) is 11.1. The molecular formula is C13H12N4S. The van der Waals surface area contributed by atoms with E-state index in [0.29, 0.717) is 0 Å². The Labute approximate surface area is 109 Å². The summed E-state index contributed by atoms with van der Waals surface area (Å²) in [5, 5.41) is 13.0. The Morgan fingerprint density at radius 3 is 3.00 bits per heavy atom. The van der Waals surface area contributed by atoms with Crippen molar-refractivity contribution in [2.75, 3.05) is 5.32 Å². The third-order valence-electron chi connectivity index (χ3n) is 2.70. The molecule has 0 spiro atoms. The highest BCUT2D eigenvalue weighted by Gasteiger charge is 2.00. The van der Waals surface area contributed by atoms with E-state index in [1.807, 2.05) is 13.0 Å². The maximum Gasteiger partial charge on any atom is 0.205 e. The maximum atomic E-state index is 4.49. The lowest BCUT2D eigenvalue weighted by Crippen LogP contribution is -1.99. The number of benzene rings is 1.